The van der Waals surface area contributed by atoms with E-state index in [1.54, 1.807) is 0 Å². The number of alkyl carbamates (subject to hydrolysis) is 1. The highest BCUT2D eigenvalue weighted by Crippen LogP contribution is 2.44. The molecule has 0 heterocycles. The van der Waals surface area contributed by atoms with Crippen molar-refractivity contribution in [1.82, 2.24) is 10.6 Å². The number of carbonyl (C=O) groups excluding carboxylic acids is 2. The summed E-state index contributed by atoms with van der Waals surface area (Å²) in [5.74, 6) is -1.95. The van der Waals surface area contributed by atoms with E-state index in [1.165, 1.54) is 6.92 Å². The van der Waals surface area contributed by atoms with Crippen molar-refractivity contribution in [2.24, 2.45) is 5.92 Å². The molecule has 2 unspecified atom stereocenters. The maximum Gasteiger partial charge on any atom is 0.407 e. The Hall–Kier alpha value is -3.35. The van der Waals surface area contributed by atoms with Crippen LogP contribution in [0.25, 0.3) is 11.1 Å². The Morgan fingerprint density at radius 2 is 1.64 bits per heavy atom. The van der Waals surface area contributed by atoms with Crippen LogP contribution < -0.4 is 10.6 Å². The molecule has 0 aromatic heterocycles. The van der Waals surface area contributed by atoms with Crippen LogP contribution in [0.3, 0.4) is 0 Å². The number of carbonyl (C=O) groups is 3. The van der Waals surface area contributed by atoms with Crippen LogP contribution in [0.15, 0.2) is 48.5 Å². The van der Waals surface area contributed by atoms with Crippen LogP contribution in [-0.2, 0) is 14.3 Å². The summed E-state index contributed by atoms with van der Waals surface area (Å²) >= 11 is 0. The number of ether oxygens (including phenoxy) is 1. The second-order valence-corrected chi connectivity index (χ2v) is 8.56. The van der Waals surface area contributed by atoms with E-state index < -0.39 is 18.0 Å². The predicted molar refractivity (Wildman–Crippen MR) is 126 cm³/mol. The van der Waals surface area contributed by atoms with Crippen molar-refractivity contribution in [3.8, 4) is 11.1 Å². The molecule has 2 amide bonds. The first-order valence-corrected chi connectivity index (χ1v) is 11.5. The van der Waals surface area contributed by atoms with Crippen molar-refractivity contribution in [3.63, 3.8) is 0 Å². The van der Waals surface area contributed by atoms with Crippen LogP contribution in [-0.4, -0.2) is 42.3 Å². The van der Waals surface area contributed by atoms with Gasteiger partial charge >= 0.3 is 12.1 Å². The highest BCUT2D eigenvalue weighted by Gasteiger charge is 2.29. The van der Waals surface area contributed by atoms with Crippen molar-refractivity contribution in [2.45, 2.75) is 51.5 Å². The van der Waals surface area contributed by atoms with Crippen LogP contribution in [0.4, 0.5) is 4.79 Å². The van der Waals surface area contributed by atoms with Crippen molar-refractivity contribution < 1.29 is 24.2 Å². The van der Waals surface area contributed by atoms with E-state index in [1.807, 2.05) is 31.2 Å². The molecule has 7 heteroatoms. The smallest absolute Gasteiger partial charge is 0.407 e. The van der Waals surface area contributed by atoms with Gasteiger partial charge in [0, 0.05) is 24.9 Å². The van der Waals surface area contributed by atoms with E-state index in [2.05, 4.69) is 34.9 Å². The first-order chi connectivity index (χ1) is 15.9. The van der Waals surface area contributed by atoms with E-state index in [4.69, 9.17) is 9.84 Å². The number of amides is 2. The molecule has 0 saturated heterocycles. The van der Waals surface area contributed by atoms with Gasteiger partial charge in [-0.1, -0.05) is 75.2 Å². The average molecular weight is 453 g/mol. The minimum Gasteiger partial charge on any atom is -0.481 e. The maximum atomic E-state index is 12.6. The highest BCUT2D eigenvalue weighted by atomic mass is 16.5. The molecule has 7 nitrogen and oxygen atoms in total. The van der Waals surface area contributed by atoms with Crippen LogP contribution in [0.5, 0.6) is 0 Å². The third kappa shape index (κ3) is 6.34. The highest BCUT2D eigenvalue weighted by molar-refractivity contribution is 5.80. The lowest BCUT2D eigenvalue weighted by molar-refractivity contribution is -0.141. The molecule has 0 aliphatic heterocycles. The van der Waals surface area contributed by atoms with Crippen LogP contribution in [0, 0.1) is 5.92 Å². The van der Waals surface area contributed by atoms with Gasteiger partial charge in [0.05, 0.1) is 5.92 Å². The van der Waals surface area contributed by atoms with Gasteiger partial charge in [0.25, 0.3) is 0 Å². The maximum absolute atomic E-state index is 12.6. The minimum absolute atomic E-state index is 0.0296. The molecule has 3 N–H and O–H groups in total. The lowest BCUT2D eigenvalue weighted by Gasteiger charge is -2.20. The number of aliphatic carboxylic acids is 1. The molecule has 0 fully saturated rings. The molecule has 0 spiro atoms. The summed E-state index contributed by atoms with van der Waals surface area (Å²) in [5, 5.41) is 14.4. The summed E-state index contributed by atoms with van der Waals surface area (Å²) in [6.45, 7) is 3.84. The first kappa shape index (κ1) is 24.3. The minimum atomic E-state index is -0.963. The fraction of sp³-hybridized carbons (Fsp3) is 0.423. The lowest BCUT2D eigenvalue weighted by atomic mass is 9.98. The van der Waals surface area contributed by atoms with Crippen molar-refractivity contribution in [2.75, 3.05) is 13.2 Å². The van der Waals surface area contributed by atoms with Crippen LogP contribution in [0.1, 0.15) is 56.6 Å². The normalized spacial score (nSPS) is 14.0. The van der Waals surface area contributed by atoms with Gasteiger partial charge in [-0.3, -0.25) is 9.59 Å². The molecule has 0 bridgehead atoms. The van der Waals surface area contributed by atoms with Gasteiger partial charge in [0.15, 0.2) is 0 Å². The number of hydrogen-bond acceptors (Lipinski definition) is 4. The standard InChI is InChI=1S/C26H32N2O5/c1-3-4-9-18(14-24(29)27-15-17(2)25(30)31)28-26(32)33-16-23-21-12-7-5-10-19(21)20-11-6-8-13-22(20)23/h5-8,10-13,17-18,23H,3-4,9,14-16H2,1-2H3,(H,27,29)(H,28,32)(H,30,31). The molecule has 1 aliphatic rings. The Kier molecular flexibility index (Phi) is 8.46. The Bertz CT molecular complexity index is 945. The fourth-order valence-electron chi connectivity index (χ4n) is 4.13. The zero-order valence-corrected chi connectivity index (χ0v) is 19.2. The second kappa shape index (κ2) is 11.5. The molecule has 2 aromatic carbocycles. The van der Waals surface area contributed by atoms with Gasteiger partial charge in [-0.05, 0) is 28.7 Å². The number of fused-ring (bicyclic) bond motifs is 3. The van der Waals surface area contributed by atoms with E-state index >= 15 is 0 Å². The molecule has 2 aromatic rings. The SMILES string of the molecule is CCCCC(CC(=O)NCC(C)C(=O)O)NC(=O)OCC1c2ccccc2-c2ccccc21. The Morgan fingerprint density at radius 1 is 1.03 bits per heavy atom. The summed E-state index contributed by atoms with van der Waals surface area (Å²) in [6.07, 6.45) is 1.96. The van der Waals surface area contributed by atoms with Gasteiger partial charge in [0.1, 0.15) is 6.61 Å². The number of unbranched alkanes of at least 4 members (excludes halogenated alkanes) is 1. The summed E-state index contributed by atoms with van der Waals surface area (Å²) in [4.78, 5) is 35.8. The lowest BCUT2D eigenvalue weighted by Crippen LogP contribution is -2.41. The van der Waals surface area contributed by atoms with Gasteiger partial charge in [-0.25, -0.2) is 4.79 Å². The van der Waals surface area contributed by atoms with Gasteiger partial charge in [0.2, 0.25) is 5.91 Å². The molecule has 0 radical (unpaired) electrons. The summed E-state index contributed by atoms with van der Waals surface area (Å²) < 4.78 is 5.60. The van der Waals surface area contributed by atoms with Crippen molar-refractivity contribution in [3.05, 3.63) is 59.7 Å². The Morgan fingerprint density at radius 3 is 2.21 bits per heavy atom. The number of rotatable bonds is 11. The van der Waals surface area contributed by atoms with Crippen molar-refractivity contribution >= 4 is 18.0 Å². The van der Waals surface area contributed by atoms with E-state index in [9.17, 15) is 14.4 Å². The van der Waals surface area contributed by atoms with Gasteiger partial charge in [-0.15, -0.1) is 0 Å². The van der Waals surface area contributed by atoms with Crippen LogP contribution >= 0.6 is 0 Å². The molecule has 176 valence electrons. The molecule has 33 heavy (non-hydrogen) atoms. The number of nitrogens with one attached hydrogen (secondary N) is 2. The fourth-order valence-corrected chi connectivity index (χ4v) is 4.13. The average Bonchev–Trinajstić information content (AvgIpc) is 3.13. The van der Waals surface area contributed by atoms with Crippen LogP contribution in [0.2, 0.25) is 0 Å². The largest absolute Gasteiger partial charge is 0.481 e. The van der Waals surface area contributed by atoms with Gasteiger partial charge in [-0.2, -0.15) is 0 Å². The number of carboxylic acids is 1. The molecular formula is C26H32N2O5. The first-order valence-electron chi connectivity index (χ1n) is 11.5. The predicted octanol–water partition coefficient (Wildman–Crippen LogP) is 4.31. The topological polar surface area (TPSA) is 105 Å². The summed E-state index contributed by atoms with van der Waals surface area (Å²) in [7, 11) is 0. The molecule has 2 atom stereocenters. The second-order valence-electron chi connectivity index (χ2n) is 8.56. The third-order valence-corrected chi connectivity index (χ3v) is 6.03. The monoisotopic (exact) mass is 452 g/mol. The number of hydrogen-bond donors (Lipinski definition) is 3. The van der Waals surface area contributed by atoms with Crippen molar-refractivity contribution in [1.29, 1.82) is 0 Å². The number of carboxylic acid groups (broad SMARTS) is 1. The quantitative estimate of drug-likeness (QED) is 0.471. The zero-order chi connectivity index (χ0) is 23.8. The molecule has 3 rings (SSSR count). The third-order valence-electron chi connectivity index (χ3n) is 6.03. The Balaban J connectivity index is 1.57. The van der Waals surface area contributed by atoms with E-state index in [0.29, 0.717) is 6.42 Å². The molecule has 0 saturated carbocycles. The molecular weight excluding hydrogens is 420 g/mol. The summed E-state index contributed by atoms with van der Waals surface area (Å²) in [5.41, 5.74) is 4.60. The van der Waals surface area contributed by atoms with E-state index in [-0.39, 0.29) is 37.4 Å². The van der Waals surface area contributed by atoms with Gasteiger partial charge < -0.3 is 20.5 Å². The molecule has 1 aliphatic carbocycles. The zero-order valence-electron chi connectivity index (χ0n) is 19.2. The Labute approximate surface area is 194 Å². The number of benzene rings is 2. The summed E-state index contributed by atoms with van der Waals surface area (Å²) in [6, 6.07) is 15.9. The van der Waals surface area contributed by atoms with E-state index in [0.717, 1.165) is 35.1 Å².